The van der Waals surface area contributed by atoms with E-state index in [4.69, 9.17) is 4.74 Å². The molecule has 3 heterocycles. The Balaban J connectivity index is 1.27. The molecule has 0 radical (unpaired) electrons. The highest BCUT2D eigenvalue weighted by atomic mass is 32.2. The maximum absolute atomic E-state index is 14.4. The summed E-state index contributed by atoms with van der Waals surface area (Å²) in [5, 5.41) is 8.01. The molecule has 284 valence electrons. The van der Waals surface area contributed by atoms with Crippen molar-refractivity contribution in [3.8, 4) is 0 Å². The van der Waals surface area contributed by atoms with Crippen LogP contribution in [0.3, 0.4) is 0 Å². The van der Waals surface area contributed by atoms with Gasteiger partial charge in [-0.2, -0.15) is 0 Å². The highest BCUT2D eigenvalue weighted by Gasteiger charge is 2.62. The van der Waals surface area contributed by atoms with Gasteiger partial charge in [0.1, 0.15) is 23.7 Å². The van der Waals surface area contributed by atoms with Crippen LogP contribution >= 0.6 is 0 Å². The molecule has 1 aromatic rings. The number of urea groups is 1. The smallest absolute Gasteiger partial charge is 0.410 e. The van der Waals surface area contributed by atoms with E-state index >= 15 is 0 Å². The summed E-state index contributed by atoms with van der Waals surface area (Å²) in [5.41, 5.74) is 1.20. The van der Waals surface area contributed by atoms with Crippen LogP contribution in [-0.4, -0.2) is 89.1 Å². The first-order valence-electron chi connectivity index (χ1n) is 18.6. The molecule has 0 unspecified atom stereocenters. The third-order valence-corrected chi connectivity index (χ3v) is 12.9. The molecule has 3 fully saturated rings. The predicted octanol–water partition coefficient (Wildman–Crippen LogP) is 3.14. The lowest BCUT2D eigenvalue weighted by Crippen LogP contribution is -2.59. The molecule has 2 saturated carbocycles. The summed E-state index contributed by atoms with van der Waals surface area (Å²) in [4.78, 5) is 71.9. The zero-order chi connectivity index (χ0) is 37.4. The van der Waals surface area contributed by atoms with Crippen molar-refractivity contribution in [1.82, 2.24) is 30.5 Å². The lowest BCUT2D eigenvalue weighted by molar-refractivity contribution is -0.141. The number of ether oxygens (including phenoxy) is 1. The number of rotatable bonds is 9. The fourth-order valence-electron chi connectivity index (χ4n) is 7.78. The van der Waals surface area contributed by atoms with E-state index in [1.807, 2.05) is 32.9 Å². The average Bonchev–Trinajstić information content (AvgIpc) is 3.98. The van der Waals surface area contributed by atoms with Gasteiger partial charge in [0.25, 0.3) is 5.91 Å². The Morgan fingerprint density at radius 2 is 1.87 bits per heavy atom. The molecule has 14 nitrogen and oxygen atoms in total. The standard InChI is InChI=1S/C37H52N6O8S/c1-5-7-14-29-32(45)43-21-26(18-30(43)31(44)39-37(19-25(37)6-2)33(46)41-52(49,50)27-15-16-27)51-35(48)42-20-24-13-10-12-23(28(24)22-42)11-8-9-17-36(3,4)40-34(47)38-29/h6,10,12-13,25-27,29-30H,2,5,7-9,11,14-22H2,1,3-4H3,(H,39,44)(H,41,46)(H2,38,40,47)/t25-,26+,29-,30-,37+/m0/s1. The van der Waals surface area contributed by atoms with Crippen LogP contribution in [0.2, 0.25) is 0 Å². The van der Waals surface area contributed by atoms with Gasteiger partial charge in [0.2, 0.25) is 21.8 Å². The van der Waals surface area contributed by atoms with Crippen LogP contribution < -0.4 is 20.7 Å². The fourth-order valence-corrected chi connectivity index (χ4v) is 9.14. The van der Waals surface area contributed by atoms with Gasteiger partial charge in [-0.15, -0.1) is 6.58 Å². The molecule has 5 aliphatic rings. The van der Waals surface area contributed by atoms with Gasteiger partial charge in [0, 0.05) is 31.0 Å². The zero-order valence-electron chi connectivity index (χ0n) is 30.4. The minimum Gasteiger partial charge on any atom is -0.444 e. The highest BCUT2D eigenvalue weighted by molar-refractivity contribution is 7.91. The van der Waals surface area contributed by atoms with E-state index in [9.17, 15) is 32.4 Å². The maximum Gasteiger partial charge on any atom is 0.410 e. The number of carbonyl (C=O) groups excluding carboxylic acids is 5. The van der Waals surface area contributed by atoms with Crippen molar-refractivity contribution in [2.24, 2.45) is 5.92 Å². The van der Waals surface area contributed by atoms with E-state index in [0.717, 1.165) is 36.8 Å². The van der Waals surface area contributed by atoms with Crippen LogP contribution in [0.4, 0.5) is 9.59 Å². The first kappa shape index (κ1) is 37.6. The molecule has 4 N–H and O–H groups in total. The number of sulfonamides is 1. The van der Waals surface area contributed by atoms with Crippen LogP contribution in [0.1, 0.15) is 102 Å². The Labute approximate surface area is 305 Å². The Morgan fingerprint density at radius 3 is 2.56 bits per heavy atom. The number of unbranched alkanes of at least 4 members (excludes halogenated alkanes) is 1. The Morgan fingerprint density at radius 1 is 1.12 bits per heavy atom. The third kappa shape index (κ3) is 8.08. The van der Waals surface area contributed by atoms with Crippen LogP contribution in [0.25, 0.3) is 0 Å². The predicted molar refractivity (Wildman–Crippen MR) is 192 cm³/mol. The normalized spacial score (nSPS) is 29.1. The van der Waals surface area contributed by atoms with Gasteiger partial charge in [0.05, 0.1) is 11.8 Å². The molecule has 6 rings (SSSR count). The summed E-state index contributed by atoms with van der Waals surface area (Å²) in [7, 11) is -3.90. The minimum absolute atomic E-state index is 0.0497. The van der Waals surface area contributed by atoms with Crippen molar-refractivity contribution in [2.45, 2.75) is 139 Å². The number of aryl methyl sites for hydroxylation is 1. The molecule has 5 atom stereocenters. The molecule has 52 heavy (non-hydrogen) atoms. The van der Waals surface area contributed by atoms with Crippen LogP contribution in [0, 0.1) is 5.92 Å². The molecule has 4 bridgehead atoms. The molecule has 15 heteroatoms. The molecule has 6 amide bonds. The summed E-state index contributed by atoms with van der Waals surface area (Å²) in [5.74, 6) is -2.57. The van der Waals surface area contributed by atoms with E-state index in [1.54, 1.807) is 4.90 Å². The third-order valence-electron chi connectivity index (χ3n) is 11.1. The van der Waals surface area contributed by atoms with Crippen molar-refractivity contribution in [3.63, 3.8) is 0 Å². The second-order valence-corrected chi connectivity index (χ2v) is 17.7. The van der Waals surface area contributed by atoms with E-state index in [0.29, 0.717) is 45.2 Å². The number of carbonyl (C=O) groups is 5. The second kappa shape index (κ2) is 14.7. The highest BCUT2D eigenvalue weighted by Crippen LogP contribution is 2.45. The number of hydrogen-bond acceptors (Lipinski definition) is 8. The first-order valence-corrected chi connectivity index (χ1v) is 20.2. The summed E-state index contributed by atoms with van der Waals surface area (Å²) in [6.07, 6.45) is 6.08. The average molecular weight is 741 g/mol. The van der Waals surface area contributed by atoms with Crippen LogP contribution in [0.15, 0.2) is 30.9 Å². The van der Waals surface area contributed by atoms with Gasteiger partial charge in [-0.3, -0.25) is 24.0 Å². The molecule has 1 saturated heterocycles. The molecule has 3 aliphatic heterocycles. The topological polar surface area (TPSA) is 183 Å². The van der Waals surface area contributed by atoms with E-state index in [-0.39, 0.29) is 19.4 Å². The van der Waals surface area contributed by atoms with Crippen LogP contribution in [-0.2, 0) is 48.7 Å². The van der Waals surface area contributed by atoms with Gasteiger partial charge in [0.15, 0.2) is 0 Å². The maximum atomic E-state index is 14.4. The molecule has 2 aliphatic carbocycles. The number of fused-ring (bicyclic) bond motifs is 3. The number of hydrogen-bond donors (Lipinski definition) is 4. The molecule has 1 aromatic carbocycles. The Bertz CT molecular complexity index is 1730. The van der Waals surface area contributed by atoms with E-state index in [2.05, 4.69) is 33.3 Å². The van der Waals surface area contributed by atoms with Crippen LogP contribution in [0.5, 0.6) is 0 Å². The van der Waals surface area contributed by atoms with Crippen molar-refractivity contribution < 1.29 is 37.1 Å². The largest absolute Gasteiger partial charge is 0.444 e. The monoisotopic (exact) mass is 740 g/mol. The second-order valence-electron chi connectivity index (χ2n) is 15.7. The van der Waals surface area contributed by atoms with Crippen molar-refractivity contribution in [2.75, 3.05) is 6.54 Å². The van der Waals surface area contributed by atoms with Crippen molar-refractivity contribution >= 4 is 39.9 Å². The van der Waals surface area contributed by atoms with Gasteiger partial charge in [-0.05, 0) is 75.5 Å². The van der Waals surface area contributed by atoms with Crippen molar-refractivity contribution in [3.05, 3.63) is 47.5 Å². The number of amides is 6. The van der Waals surface area contributed by atoms with Gasteiger partial charge in [-0.1, -0.05) is 50.5 Å². The van der Waals surface area contributed by atoms with Gasteiger partial charge < -0.3 is 25.6 Å². The number of nitrogens with zero attached hydrogens (tertiary/aromatic N) is 2. The molecular formula is C37H52N6O8S. The molecule has 0 spiro atoms. The van der Waals surface area contributed by atoms with Crippen molar-refractivity contribution in [1.29, 1.82) is 0 Å². The summed E-state index contributed by atoms with van der Waals surface area (Å²) >= 11 is 0. The fraction of sp³-hybridized carbons (Fsp3) is 0.649. The zero-order valence-corrected chi connectivity index (χ0v) is 31.2. The first-order chi connectivity index (χ1) is 24.7. The summed E-state index contributed by atoms with van der Waals surface area (Å²) in [6.45, 7) is 10.3. The quantitative estimate of drug-likeness (QED) is 0.279. The lowest BCUT2D eigenvalue weighted by atomic mass is 9.94. The lowest BCUT2D eigenvalue weighted by Gasteiger charge is -2.31. The summed E-state index contributed by atoms with van der Waals surface area (Å²) in [6, 6.07) is 3.44. The Kier molecular flexibility index (Phi) is 10.6. The van der Waals surface area contributed by atoms with Gasteiger partial charge >= 0.3 is 12.1 Å². The minimum atomic E-state index is -3.90. The van der Waals surface area contributed by atoms with E-state index < -0.39 is 80.3 Å². The Hall–Kier alpha value is -4.14. The van der Waals surface area contributed by atoms with E-state index in [1.165, 1.54) is 16.5 Å². The van der Waals surface area contributed by atoms with Gasteiger partial charge in [-0.25, -0.2) is 18.0 Å². The number of nitrogens with one attached hydrogen (secondary N) is 4. The summed E-state index contributed by atoms with van der Waals surface area (Å²) < 4.78 is 33.5. The number of benzene rings is 1. The SMILES string of the molecule is C=C[C@H]1C[C@]1(NC(=O)[C@@H]1C[C@@H]2CN1C(=O)[C@H](CCCC)NC(=O)NC(C)(C)CCCCc1cccc3c1CN(C3)C(=O)O2)C(=O)NS(=O)(=O)C1CC1. The molecular weight excluding hydrogens is 689 g/mol. The molecule has 0 aromatic heterocycles.